The lowest BCUT2D eigenvalue weighted by Crippen LogP contribution is -2.33. The zero-order chi connectivity index (χ0) is 11.6. The Hall–Kier alpha value is -1.38. The maximum atomic E-state index is 10.8. The van der Waals surface area contributed by atoms with Gasteiger partial charge in [-0.2, -0.15) is 0 Å². The fourth-order valence-electron chi connectivity index (χ4n) is 1.10. The van der Waals surface area contributed by atoms with E-state index in [1.165, 1.54) is 18.0 Å². The molecule has 0 aliphatic heterocycles. The molecule has 1 aromatic rings. The van der Waals surface area contributed by atoms with Gasteiger partial charge in [0.2, 0.25) is 0 Å². The molecular formula is C8H9IN4O2. The van der Waals surface area contributed by atoms with Crippen molar-refractivity contribution >= 4 is 39.9 Å². The van der Waals surface area contributed by atoms with Crippen molar-refractivity contribution in [2.24, 2.45) is 5.73 Å². The summed E-state index contributed by atoms with van der Waals surface area (Å²) in [6.45, 7) is 0. The van der Waals surface area contributed by atoms with Crippen molar-refractivity contribution in [1.29, 1.82) is 5.41 Å². The fraction of sp³-hybridized carbons (Fsp3) is 0.125. The first-order valence-electron chi connectivity index (χ1n) is 3.95. The van der Waals surface area contributed by atoms with Gasteiger partial charge in [-0.15, -0.1) is 0 Å². The normalized spacial score (nSPS) is 9.73. The van der Waals surface area contributed by atoms with Gasteiger partial charge in [0.15, 0.2) is 5.96 Å². The van der Waals surface area contributed by atoms with Crippen LogP contribution < -0.4 is 10.6 Å². The minimum atomic E-state index is -0.489. The van der Waals surface area contributed by atoms with Crippen LogP contribution in [-0.4, -0.2) is 17.9 Å². The first-order chi connectivity index (χ1) is 6.95. The number of nitrogens with zero attached hydrogens (tertiary/aromatic N) is 2. The number of nitrogens with two attached hydrogens (primary N) is 1. The van der Waals surface area contributed by atoms with Crippen molar-refractivity contribution in [3.63, 3.8) is 0 Å². The monoisotopic (exact) mass is 320 g/mol. The van der Waals surface area contributed by atoms with E-state index >= 15 is 0 Å². The van der Waals surface area contributed by atoms with Gasteiger partial charge >= 0.3 is 0 Å². The van der Waals surface area contributed by atoms with E-state index in [4.69, 9.17) is 11.1 Å². The molecule has 0 saturated heterocycles. The van der Waals surface area contributed by atoms with Crippen LogP contribution in [0, 0.1) is 19.1 Å². The Bertz CT molecular complexity index is 421. The number of halogens is 1. The maximum absolute atomic E-state index is 10.8. The molecule has 1 rings (SSSR count). The summed E-state index contributed by atoms with van der Waals surface area (Å²) in [5.74, 6) is -0.234. The van der Waals surface area contributed by atoms with Crippen LogP contribution in [0.25, 0.3) is 0 Å². The minimum absolute atomic E-state index is 0.0559. The van der Waals surface area contributed by atoms with Crippen molar-refractivity contribution in [2.45, 2.75) is 0 Å². The van der Waals surface area contributed by atoms with Crippen LogP contribution >= 0.6 is 22.6 Å². The van der Waals surface area contributed by atoms with Crippen molar-refractivity contribution in [2.75, 3.05) is 11.9 Å². The quantitative estimate of drug-likeness (QED) is 0.284. The number of anilines is 1. The van der Waals surface area contributed by atoms with Gasteiger partial charge in [-0.1, -0.05) is 6.07 Å². The van der Waals surface area contributed by atoms with Crippen molar-refractivity contribution < 1.29 is 4.92 Å². The number of benzene rings is 1. The summed E-state index contributed by atoms with van der Waals surface area (Å²) in [5.41, 5.74) is 5.58. The van der Waals surface area contributed by atoms with E-state index in [9.17, 15) is 10.1 Å². The van der Waals surface area contributed by atoms with E-state index in [-0.39, 0.29) is 11.6 Å². The molecule has 0 fully saturated rings. The predicted octanol–water partition coefficient (Wildman–Crippen LogP) is 1.53. The Kier molecular flexibility index (Phi) is 3.45. The molecule has 80 valence electrons. The van der Waals surface area contributed by atoms with Gasteiger partial charge in [0.05, 0.1) is 4.92 Å². The number of nitro groups is 1. The topological polar surface area (TPSA) is 96.2 Å². The van der Waals surface area contributed by atoms with E-state index in [0.29, 0.717) is 9.26 Å². The molecule has 0 aliphatic carbocycles. The molecule has 0 atom stereocenters. The van der Waals surface area contributed by atoms with Crippen LogP contribution in [0.1, 0.15) is 0 Å². The summed E-state index contributed by atoms with van der Waals surface area (Å²) in [4.78, 5) is 11.6. The van der Waals surface area contributed by atoms with Crippen LogP contribution in [0.2, 0.25) is 0 Å². The molecule has 0 aliphatic rings. The minimum Gasteiger partial charge on any atom is -0.370 e. The van der Waals surface area contributed by atoms with E-state index < -0.39 is 4.92 Å². The molecule has 0 bridgehead atoms. The number of nitro benzene ring substituents is 1. The predicted molar refractivity (Wildman–Crippen MR) is 66.1 cm³/mol. The van der Waals surface area contributed by atoms with E-state index in [2.05, 4.69) is 0 Å². The molecule has 0 amide bonds. The third-order valence-corrected chi connectivity index (χ3v) is 2.73. The largest absolute Gasteiger partial charge is 0.370 e. The number of hydrogen-bond donors (Lipinski definition) is 2. The van der Waals surface area contributed by atoms with E-state index in [1.54, 1.807) is 12.1 Å². The van der Waals surface area contributed by atoms with E-state index in [0.717, 1.165) is 0 Å². The Morgan fingerprint density at radius 2 is 2.27 bits per heavy atom. The Morgan fingerprint density at radius 3 is 2.73 bits per heavy atom. The summed E-state index contributed by atoms with van der Waals surface area (Å²) in [5, 5.41) is 18.0. The molecule has 6 nitrogen and oxygen atoms in total. The highest BCUT2D eigenvalue weighted by Crippen LogP contribution is 2.31. The second-order valence-electron chi connectivity index (χ2n) is 2.81. The van der Waals surface area contributed by atoms with Gasteiger partial charge in [-0.05, 0) is 28.7 Å². The molecular weight excluding hydrogens is 311 g/mol. The van der Waals surface area contributed by atoms with Gasteiger partial charge in [-0.25, -0.2) is 0 Å². The van der Waals surface area contributed by atoms with Crippen LogP contribution in [0.3, 0.4) is 0 Å². The van der Waals surface area contributed by atoms with Crippen LogP contribution in [-0.2, 0) is 0 Å². The lowest BCUT2D eigenvalue weighted by atomic mass is 10.2. The number of nitrogens with one attached hydrogen (secondary N) is 1. The summed E-state index contributed by atoms with van der Waals surface area (Å²) >= 11 is 1.97. The van der Waals surface area contributed by atoms with Crippen molar-refractivity contribution in [1.82, 2.24) is 0 Å². The van der Waals surface area contributed by atoms with Crippen LogP contribution in [0.4, 0.5) is 11.4 Å². The number of rotatable bonds is 2. The summed E-state index contributed by atoms with van der Waals surface area (Å²) < 4.78 is 0.680. The highest BCUT2D eigenvalue weighted by atomic mass is 127. The summed E-state index contributed by atoms with van der Waals surface area (Å²) in [6, 6.07) is 4.71. The van der Waals surface area contributed by atoms with Gasteiger partial charge < -0.3 is 10.6 Å². The second kappa shape index (κ2) is 4.43. The van der Waals surface area contributed by atoms with Gasteiger partial charge in [0, 0.05) is 16.7 Å². The molecule has 0 saturated carbocycles. The highest BCUT2D eigenvalue weighted by molar-refractivity contribution is 14.1. The average molecular weight is 320 g/mol. The van der Waals surface area contributed by atoms with E-state index in [1.807, 2.05) is 22.6 Å². The summed E-state index contributed by atoms with van der Waals surface area (Å²) in [7, 11) is 1.52. The van der Waals surface area contributed by atoms with Crippen molar-refractivity contribution in [3.05, 3.63) is 31.9 Å². The zero-order valence-electron chi connectivity index (χ0n) is 7.90. The average Bonchev–Trinajstić information content (AvgIpc) is 2.16. The van der Waals surface area contributed by atoms with Gasteiger partial charge in [-0.3, -0.25) is 15.5 Å². The molecule has 1 aromatic carbocycles. The molecule has 7 heteroatoms. The first kappa shape index (κ1) is 11.7. The lowest BCUT2D eigenvalue weighted by Gasteiger charge is -2.17. The molecule has 0 radical (unpaired) electrons. The molecule has 3 N–H and O–H groups in total. The fourth-order valence-corrected chi connectivity index (χ4v) is 1.95. The molecule has 0 aromatic heterocycles. The Labute approximate surface area is 99.9 Å². The molecule has 0 heterocycles. The van der Waals surface area contributed by atoms with Gasteiger partial charge in [0.25, 0.3) is 5.69 Å². The first-order valence-corrected chi connectivity index (χ1v) is 5.03. The Balaban J connectivity index is 3.37. The molecule has 15 heavy (non-hydrogen) atoms. The maximum Gasteiger partial charge on any atom is 0.294 e. The van der Waals surface area contributed by atoms with Gasteiger partial charge in [0.1, 0.15) is 5.69 Å². The smallest absolute Gasteiger partial charge is 0.294 e. The second-order valence-corrected chi connectivity index (χ2v) is 3.97. The standard InChI is InChI=1S/C8H9IN4O2/c1-12(8(10)11)7-5(9)3-2-4-6(7)13(14)15/h2-4H,1H3,(H3,10,11). The zero-order valence-corrected chi connectivity index (χ0v) is 10.1. The SMILES string of the molecule is CN(C(=N)N)c1c(I)cccc1[N+](=O)[O-]. The Morgan fingerprint density at radius 1 is 1.67 bits per heavy atom. The van der Waals surface area contributed by atoms with Crippen LogP contribution in [0.15, 0.2) is 18.2 Å². The lowest BCUT2D eigenvalue weighted by molar-refractivity contribution is -0.384. The molecule has 0 unspecified atom stereocenters. The third kappa shape index (κ3) is 2.35. The third-order valence-electron chi connectivity index (χ3n) is 1.86. The number of guanidine groups is 1. The van der Waals surface area contributed by atoms with Crippen molar-refractivity contribution in [3.8, 4) is 0 Å². The molecule has 0 spiro atoms. The summed E-state index contributed by atoms with van der Waals surface area (Å²) in [6.07, 6.45) is 0. The number of hydrogen-bond acceptors (Lipinski definition) is 3. The number of para-hydroxylation sites is 1. The van der Waals surface area contributed by atoms with Crippen LogP contribution in [0.5, 0.6) is 0 Å². The highest BCUT2D eigenvalue weighted by Gasteiger charge is 2.20.